The van der Waals surface area contributed by atoms with E-state index in [4.69, 9.17) is 4.74 Å². The molecule has 0 saturated heterocycles. The van der Waals surface area contributed by atoms with Gasteiger partial charge in [-0.3, -0.25) is 9.78 Å². The number of hydrazone groups is 1. The van der Waals surface area contributed by atoms with E-state index in [1.165, 1.54) is 13.3 Å². The average molecular weight is 440 g/mol. The van der Waals surface area contributed by atoms with Gasteiger partial charge in [0, 0.05) is 27.0 Å². The number of amides is 1. The third-order valence-electron chi connectivity index (χ3n) is 4.64. The zero-order valence-corrected chi connectivity index (χ0v) is 16.7. The molecule has 1 aliphatic carbocycles. The Hall–Kier alpha value is -2.93. The minimum absolute atomic E-state index is 0.0471. The molecule has 2 N–H and O–H groups in total. The van der Waals surface area contributed by atoms with Crippen LogP contribution in [-0.4, -0.2) is 29.3 Å². The van der Waals surface area contributed by atoms with Gasteiger partial charge in [0.25, 0.3) is 5.91 Å². The highest BCUT2D eigenvalue weighted by molar-refractivity contribution is 9.10. The van der Waals surface area contributed by atoms with Crippen LogP contribution in [0.2, 0.25) is 0 Å². The Morgan fingerprint density at radius 2 is 2.11 bits per heavy atom. The molecule has 4 rings (SSSR count). The zero-order valence-electron chi connectivity index (χ0n) is 15.1. The molecule has 3 aromatic rings. The van der Waals surface area contributed by atoms with Gasteiger partial charge < -0.3 is 9.84 Å². The van der Waals surface area contributed by atoms with Crippen molar-refractivity contribution in [2.24, 2.45) is 5.10 Å². The molecule has 142 valence electrons. The molecule has 0 unspecified atom stereocenters. The summed E-state index contributed by atoms with van der Waals surface area (Å²) in [6, 6.07) is 12.8. The summed E-state index contributed by atoms with van der Waals surface area (Å²) in [6.07, 6.45) is 3.59. The Kier molecular flexibility index (Phi) is 5.00. The number of fused-ring (bicyclic) bond motifs is 1. The van der Waals surface area contributed by atoms with E-state index in [1.807, 2.05) is 30.3 Å². The average Bonchev–Trinajstić information content (AvgIpc) is 3.54. The van der Waals surface area contributed by atoms with E-state index in [9.17, 15) is 9.90 Å². The third kappa shape index (κ3) is 3.71. The number of halogens is 1. The van der Waals surface area contributed by atoms with Gasteiger partial charge >= 0.3 is 0 Å². The summed E-state index contributed by atoms with van der Waals surface area (Å²) in [7, 11) is 1.47. The SMILES string of the molecule is COc1cc(Br)cc(/C=N/NC(=O)c2cc(C3CC3)nc3ccccc23)c1O. The van der Waals surface area contributed by atoms with Gasteiger partial charge in [-0.15, -0.1) is 0 Å². The van der Waals surface area contributed by atoms with Crippen molar-refractivity contribution >= 4 is 39.0 Å². The van der Waals surface area contributed by atoms with Gasteiger partial charge in [0.2, 0.25) is 0 Å². The molecule has 1 fully saturated rings. The summed E-state index contributed by atoms with van der Waals surface area (Å²) < 4.78 is 5.84. The normalized spacial score (nSPS) is 13.8. The molecule has 0 radical (unpaired) electrons. The quantitative estimate of drug-likeness (QED) is 0.457. The second-order valence-corrected chi connectivity index (χ2v) is 7.55. The smallest absolute Gasteiger partial charge is 0.272 e. The van der Waals surface area contributed by atoms with Crippen molar-refractivity contribution in [1.82, 2.24) is 10.4 Å². The fraction of sp³-hybridized carbons (Fsp3) is 0.190. The first kappa shape index (κ1) is 18.4. The number of aromatic nitrogens is 1. The first-order valence-electron chi connectivity index (χ1n) is 8.86. The highest BCUT2D eigenvalue weighted by Gasteiger charge is 2.26. The number of nitrogens with zero attached hydrogens (tertiary/aromatic N) is 2. The van der Waals surface area contributed by atoms with Crippen LogP contribution in [0.1, 0.15) is 40.4 Å². The number of nitrogens with one attached hydrogen (secondary N) is 1. The van der Waals surface area contributed by atoms with Crippen LogP contribution in [0.5, 0.6) is 11.5 Å². The first-order valence-corrected chi connectivity index (χ1v) is 9.65. The Bertz CT molecular complexity index is 1090. The van der Waals surface area contributed by atoms with E-state index in [0.717, 1.165) is 33.9 Å². The molecule has 1 amide bonds. The van der Waals surface area contributed by atoms with Crippen LogP contribution < -0.4 is 10.2 Å². The minimum Gasteiger partial charge on any atom is -0.504 e. The number of phenols is 1. The predicted molar refractivity (Wildman–Crippen MR) is 111 cm³/mol. The van der Waals surface area contributed by atoms with Crippen molar-refractivity contribution in [2.75, 3.05) is 7.11 Å². The van der Waals surface area contributed by atoms with Gasteiger partial charge in [-0.2, -0.15) is 5.10 Å². The number of para-hydroxylation sites is 1. The van der Waals surface area contributed by atoms with Crippen LogP contribution in [0.3, 0.4) is 0 Å². The van der Waals surface area contributed by atoms with Crippen molar-refractivity contribution in [3.8, 4) is 11.5 Å². The molecular formula is C21H18BrN3O3. The maximum atomic E-state index is 12.8. The number of ether oxygens (including phenoxy) is 1. The molecule has 0 spiro atoms. The number of aromatic hydroxyl groups is 1. The van der Waals surface area contributed by atoms with E-state index in [0.29, 0.717) is 22.8 Å². The lowest BCUT2D eigenvalue weighted by molar-refractivity contribution is 0.0956. The molecule has 1 saturated carbocycles. The van der Waals surface area contributed by atoms with E-state index in [2.05, 4.69) is 31.4 Å². The molecule has 1 aromatic heterocycles. The predicted octanol–water partition coefficient (Wildman–Crippen LogP) is 4.35. The van der Waals surface area contributed by atoms with Gasteiger partial charge in [-0.25, -0.2) is 5.43 Å². The van der Waals surface area contributed by atoms with Crippen molar-refractivity contribution in [1.29, 1.82) is 0 Å². The van der Waals surface area contributed by atoms with Crippen LogP contribution in [-0.2, 0) is 0 Å². The number of pyridine rings is 1. The van der Waals surface area contributed by atoms with Crippen molar-refractivity contribution in [2.45, 2.75) is 18.8 Å². The Morgan fingerprint density at radius 3 is 2.86 bits per heavy atom. The largest absolute Gasteiger partial charge is 0.504 e. The van der Waals surface area contributed by atoms with E-state index in [-0.39, 0.29) is 11.7 Å². The number of carbonyl (C=O) groups excluding carboxylic acids is 1. The maximum Gasteiger partial charge on any atom is 0.272 e. The number of phenolic OH excluding ortho intramolecular Hbond substituents is 1. The van der Waals surface area contributed by atoms with Gasteiger partial charge in [-0.1, -0.05) is 34.1 Å². The lowest BCUT2D eigenvalue weighted by Crippen LogP contribution is -2.18. The molecule has 0 atom stereocenters. The maximum absolute atomic E-state index is 12.8. The second-order valence-electron chi connectivity index (χ2n) is 6.63. The van der Waals surface area contributed by atoms with Gasteiger partial charge in [0.05, 0.1) is 24.4 Å². The number of carbonyl (C=O) groups is 1. The van der Waals surface area contributed by atoms with Crippen LogP contribution in [0.4, 0.5) is 0 Å². The Morgan fingerprint density at radius 1 is 1.32 bits per heavy atom. The number of benzene rings is 2. The molecule has 0 aliphatic heterocycles. The van der Waals surface area contributed by atoms with E-state index in [1.54, 1.807) is 12.1 Å². The topological polar surface area (TPSA) is 83.8 Å². The van der Waals surface area contributed by atoms with E-state index < -0.39 is 0 Å². The van der Waals surface area contributed by atoms with Gasteiger partial charge in [-0.05, 0) is 37.1 Å². The Labute approximate surface area is 170 Å². The number of hydrogen-bond donors (Lipinski definition) is 2. The number of methoxy groups -OCH3 is 1. The number of hydrogen-bond acceptors (Lipinski definition) is 5. The molecule has 6 nitrogen and oxygen atoms in total. The van der Waals surface area contributed by atoms with Crippen molar-refractivity contribution in [3.63, 3.8) is 0 Å². The minimum atomic E-state index is -0.321. The third-order valence-corrected chi connectivity index (χ3v) is 5.09. The van der Waals surface area contributed by atoms with Gasteiger partial charge in [0.1, 0.15) is 0 Å². The monoisotopic (exact) mass is 439 g/mol. The lowest BCUT2D eigenvalue weighted by Gasteiger charge is -2.09. The molecule has 2 aromatic carbocycles. The van der Waals surface area contributed by atoms with E-state index >= 15 is 0 Å². The molecular weight excluding hydrogens is 422 g/mol. The highest BCUT2D eigenvalue weighted by atomic mass is 79.9. The van der Waals surface area contributed by atoms with Crippen LogP contribution in [0, 0.1) is 0 Å². The summed E-state index contributed by atoms with van der Waals surface area (Å²) in [6.45, 7) is 0. The van der Waals surface area contributed by atoms with Crippen LogP contribution in [0.15, 0.2) is 52.0 Å². The molecule has 28 heavy (non-hydrogen) atoms. The van der Waals surface area contributed by atoms with Crippen LogP contribution >= 0.6 is 15.9 Å². The summed E-state index contributed by atoms with van der Waals surface area (Å²) in [5.41, 5.74) is 5.26. The summed E-state index contributed by atoms with van der Waals surface area (Å²) >= 11 is 3.35. The number of rotatable bonds is 5. The van der Waals surface area contributed by atoms with Crippen molar-refractivity contribution < 1.29 is 14.6 Å². The fourth-order valence-electron chi connectivity index (χ4n) is 3.04. The summed E-state index contributed by atoms with van der Waals surface area (Å²) in [5.74, 6) is 0.384. The van der Waals surface area contributed by atoms with Crippen LogP contribution in [0.25, 0.3) is 10.9 Å². The Balaban J connectivity index is 1.61. The molecule has 7 heteroatoms. The lowest BCUT2D eigenvalue weighted by atomic mass is 10.1. The zero-order chi connectivity index (χ0) is 19.7. The van der Waals surface area contributed by atoms with Crippen molar-refractivity contribution in [3.05, 3.63) is 63.8 Å². The summed E-state index contributed by atoms with van der Waals surface area (Å²) in [4.78, 5) is 17.4. The fourth-order valence-corrected chi connectivity index (χ4v) is 3.50. The summed E-state index contributed by atoms with van der Waals surface area (Å²) in [5, 5.41) is 15.0. The first-order chi connectivity index (χ1) is 13.6. The molecule has 1 heterocycles. The standard InChI is InChI=1S/C21H18BrN3O3/c1-28-19-9-14(22)8-13(20(19)26)11-23-25-21(27)16-10-18(12-6-7-12)24-17-5-3-2-4-15(16)17/h2-5,8-12,26H,6-7H2,1H3,(H,25,27)/b23-11+. The highest BCUT2D eigenvalue weighted by Crippen LogP contribution is 2.40. The molecule has 1 aliphatic rings. The molecule has 0 bridgehead atoms. The second kappa shape index (κ2) is 7.59. The van der Waals surface area contributed by atoms with Gasteiger partial charge in [0.15, 0.2) is 11.5 Å².